The van der Waals surface area contributed by atoms with E-state index in [0.29, 0.717) is 0 Å². The van der Waals surface area contributed by atoms with E-state index in [1.165, 1.54) is 5.56 Å². The van der Waals surface area contributed by atoms with Gasteiger partial charge in [-0.3, -0.25) is 4.79 Å². The Kier molecular flexibility index (Phi) is 4.76. The number of benzene rings is 1. The van der Waals surface area contributed by atoms with E-state index in [4.69, 9.17) is 5.11 Å². The van der Waals surface area contributed by atoms with Crippen molar-refractivity contribution in [1.82, 2.24) is 4.90 Å². The first-order valence-corrected chi connectivity index (χ1v) is 6.81. The normalized spacial score (nSPS) is 14.7. The molecule has 0 aliphatic carbocycles. The van der Waals surface area contributed by atoms with Crippen molar-refractivity contribution in [3.63, 3.8) is 0 Å². The van der Waals surface area contributed by atoms with Crippen LogP contribution < -0.4 is 0 Å². The summed E-state index contributed by atoms with van der Waals surface area (Å²) in [6.07, 6.45) is 5.02. The van der Waals surface area contributed by atoms with Crippen LogP contribution in [-0.2, 0) is 6.42 Å². The van der Waals surface area contributed by atoms with Gasteiger partial charge in [0.1, 0.15) is 0 Å². The van der Waals surface area contributed by atoms with Crippen LogP contribution in [-0.4, -0.2) is 35.6 Å². The maximum absolute atomic E-state index is 12.2. The van der Waals surface area contributed by atoms with Crippen molar-refractivity contribution in [3.05, 3.63) is 35.4 Å². The number of aliphatic hydroxyl groups excluding tert-OH is 1. The van der Waals surface area contributed by atoms with Gasteiger partial charge in [-0.1, -0.05) is 31.0 Å². The molecule has 0 unspecified atom stereocenters. The topological polar surface area (TPSA) is 40.5 Å². The van der Waals surface area contributed by atoms with E-state index in [-0.39, 0.29) is 12.5 Å². The molecule has 0 fully saturated rings. The minimum atomic E-state index is 0.180. The fourth-order valence-electron chi connectivity index (χ4n) is 2.46. The first-order chi connectivity index (χ1) is 8.83. The zero-order valence-corrected chi connectivity index (χ0v) is 10.8. The van der Waals surface area contributed by atoms with Crippen molar-refractivity contribution in [2.24, 2.45) is 0 Å². The zero-order valence-electron chi connectivity index (χ0n) is 10.8. The van der Waals surface area contributed by atoms with Gasteiger partial charge in [0.05, 0.1) is 0 Å². The maximum atomic E-state index is 12.2. The fourth-order valence-corrected chi connectivity index (χ4v) is 2.46. The minimum absolute atomic E-state index is 0.180. The Bertz CT molecular complexity index is 403. The number of carbonyl (C=O) groups is 1. The van der Waals surface area contributed by atoms with Gasteiger partial charge < -0.3 is 10.0 Å². The van der Waals surface area contributed by atoms with Crippen LogP contribution >= 0.6 is 0 Å². The van der Waals surface area contributed by atoms with Crippen molar-refractivity contribution in [3.8, 4) is 0 Å². The summed E-state index contributed by atoms with van der Waals surface area (Å²) < 4.78 is 0. The van der Waals surface area contributed by atoms with Crippen molar-refractivity contribution < 1.29 is 9.90 Å². The number of hydrogen-bond donors (Lipinski definition) is 1. The van der Waals surface area contributed by atoms with Gasteiger partial charge in [0.25, 0.3) is 5.91 Å². The van der Waals surface area contributed by atoms with Gasteiger partial charge in [-0.25, -0.2) is 0 Å². The molecule has 1 aliphatic rings. The first-order valence-electron chi connectivity index (χ1n) is 6.81. The van der Waals surface area contributed by atoms with Gasteiger partial charge in [-0.2, -0.15) is 0 Å². The van der Waals surface area contributed by atoms with Crippen LogP contribution in [0.25, 0.3) is 0 Å². The third-order valence-electron chi connectivity index (χ3n) is 3.52. The molecule has 0 atom stereocenters. The van der Waals surface area contributed by atoms with Gasteiger partial charge in [0.2, 0.25) is 0 Å². The Morgan fingerprint density at radius 3 is 2.72 bits per heavy atom. The lowest BCUT2D eigenvalue weighted by molar-refractivity contribution is 0.0736. The summed E-state index contributed by atoms with van der Waals surface area (Å²) in [6, 6.07) is 7.90. The van der Waals surface area contributed by atoms with Crippen LogP contribution in [0.1, 0.15) is 41.6 Å². The van der Waals surface area contributed by atoms with E-state index in [1.54, 1.807) is 0 Å². The van der Waals surface area contributed by atoms with Crippen LogP contribution in [0.5, 0.6) is 0 Å². The van der Waals surface area contributed by atoms with E-state index >= 15 is 0 Å². The molecule has 0 bridgehead atoms. The second-order valence-corrected chi connectivity index (χ2v) is 4.84. The molecule has 0 saturated heterocycles. The van der Waals surface area contributed by atoms with Crippen molar-refractivity contribution in [1.29, 1.82) is 0 Å². The summed E-state index contributed by atoms with van der Waals surface area (Å²) in [6.45, 7) is 1.96. The number of carbonyl (C=O) groups excluding carboxylic acids is 1. The number of hydrogen-bond acceptors (Lipinski definition) is 2. The largest absolute Gasteiger partial charge is 0.396 e. The lowest BCUT2D eigenvalue weighted by atomic mass is 9.99. The standard InChI is InChI=1S/C15H21NO2/c17-12-6-2-1-5-10-16-11-9-13-7-3-4-8-14(13)15(16)18/h3-4,7-8,17H,1-2,5-6,9-12H2. The van der Waals surface area contributed by atoms with Crippen LogP contribution in [0.4, 0.5) is 0 Å². The predicted octanol–water partition coefficient (Wildman–Crippen LogP) is 2.24. The van der Waals surface area contributed by atoms with Gasteiger partial charge in [0, 0.05) is 25.3 Å². The van der Waals surface area contributed by atoms with Crippen LogP contribution in [0.15, 0.2) is 24.3 Å². The Morgan fingerprint density at radius 2 is 1.89 bits per heavy atom. The van der Waals surface area contributed by atoms with Crippen molar-refractivity contribution >= 4 is 5.91 Å². The summed E-state index contributed by atoms with van der Waals surface area (Å²) in [5.41, 5.74) is 2.05. The molecule has 0 spiro atoms. The smallest absolute Gasteiger partial charge is 0.254 e. The molecule has 0 saturated carbocycles. The highest BCUT2D eigenvalue weighted by Gasteiger charge is 2.22. The van der Waals surface area contributed by atoms with Crippen molar-refractivity contribution in [2.45, 2.75) is 32.1 Å². The molecule has 1 aromatic carbocycles. The molecule has 1 aliphatic heterocycles. The van der Waals surface area contributed by atoms with Crippen LogP contribution in [0.2, 0.25) is 0 Å². The number of rotatable bonds is 6. The monoisotopic (exact) mass is 247 g/mol. The number of unbranched alkanes of at least 4 members (excludes halogenated alkanes) is 3. The molecule has 1 N–H and O–H groups in total. The number of amides is 1. The third-order valence-corrected chi connectivity index (χ3v) is 3.52. The second-order valence-electron chi connectivity index (χ2n) is 4.84. The summed E-state index contributed by atoms with van der Waals surface area (Å²) >= 11 is 0. The number of fused-ring (bicyclic) bond motifs is 1. The predicted molar refractivity (Wildman–Crippen MR) is 71.6 cm³/mol. The Morgan fingerprint density at radius 1 is 1.11 bits per heavy atom. The van der Waals surface area contributed by atoms with Crippen LogP contribution in [0.3, 0.4) is 0 Å². The lowest BCUT2D eigenvalue weighted by Crippen LogP contribution is -2.38. The molecule has 18 heavy (non-hydrogen) atoms. The molecular weight excluding hydrogens is 226 g/mol. The van der Waals surface area contributed by atoms with E-state index in [9.17, 15) is 4.79 Å². The highest BCUT2D eigenvalue weighted by atomic mass is 16.2. The third kappa shape index (κ3) is 3.10. The lowest BCUT2D eigenvalue weighted by Gasteiger charge is -2.28. The van der Waals surface area contributed by atoms with E-state index < -0.39 is 0 Å². The van der Waals surface area contributed by atoms with Gasteiger partial charge in [-0.15, -0.1) is 0 Å². The number of nitrogens with zero attached hydrogens (tertiary/aromatic N) is 1. The van der Waals surface area contributed by atoms with Crippen LogP contribution in [0, 0.1) is 0 Å². The molecule has 1 heterocycles. The molecule has 1 amide bonds. The molecule has 2 rings (SSSR count). The van der Waals surface area contributed by atoms with E-state index in [0.717, 1.165) is 50.8 Å². The van der Waals surface area contributed by atoms with Gasteiger partial charge in [0.15, 0.2) is 0 Å². The molecule has 1 aromatic rings. The summed E-state index contributed by atoms with van der Waals surface area (Å²) in [5, 5.41) is 8.70. The average molecular weight is 247 g/mol. The molecule has 3 heteroatoms. The summed E-state index contributed by atoms with van der Waals surface area (Å²) in [4.78, 5) is 14.2. The second kappa shape index (κ2) is 6.55. The fraction of sp³-hybridized carbons (Fsp3) is 0.533. The molecule has 0 radical (unpaired) electrons. The maximum Gasteiger partial charge on any atom is 0.254 e. The first kappa shape index (κ1) is 13.1. The molecule has 0 aromatic heterocycles. The quantitative estimate of drug-likeness (QED) is 0.783. The summed E-state index contributed by atoms with van der Waals surface area (Å²) in [5.74, 6) is 0.180. The summed E-state index contributed by atoms with van der Waals surface area (Å²) in [7, 11) is 0. The molecule has 98 valence electrons. The minimum Gasteiger partial charge on any atom is -0.396 e. The average Bonchev–Trinajstić information content (AvgIpc) is 2.41. The molecular formula is C15H21NO2. The Hall–Kier alpha value is -1.35. The van der Waals surface area contributed by atoms with E-state index in [2.05, 4.69) is 0 Å². The highest BCUT2D eigenvalue weighted by Crippen LogP contribution is 2.19. The molecule has 3 nitrogen and oxygen atoms in total. The van der Waals surface area contributed by atoms with Gasteiger partial charge in [-0.05, 0) is 30.9 Å². The highest BCUT2D eigenvalue weighted by molar-refractivity contribution is 5.96. The van der Waals surface area contributed by atoms with Crippen molar-refractivity contribution in [2.75, 3.05) is 19.7 Å². The Labute approximate surface area is 108 Å². The zero-order chi connectivity index (χ0) is 12.8. The number of aliphatic hydroxyl groups is 1. The Balaban J connectivity index is 1.84. The SMILES string of the molecule is O=C1c2ccccc2CCN1CCCCCCO. The van der Waals surface area contributed by atoms with E-state index in [1.807, 2.05) is 29.2 Å². The van der Waals surface area contributed by atoms with Gasteiger partial charge >= 0.3 is 0 Å².